The van der Waals surface area contributed by atoms with E-state index >= 15 is 0 Å². The number of methoxy groups -OCH3 is 2. The van der Waals surface area contributed by atoms with E-state index in [4.69, 9.17) is 14.6 Å². The second kappa shape index (κ2) is 11.5. The third-order valence-corrected chi connectivity index (χ3v) is 5.91. The van der Waals surface area contributed by atoms with Gasteiger partial charge >= 0.3 is 0 Å². The number of aliphatic hydroxyl groups excluding tert-OH is 2. The minimum Gasteiger partial charge on any atom is -0.493 e. The zero-order valence-corrected chi connectivity index (χ0v) is 17.2. The molecule has 0 aromatic heterocycles. The van der Waals surface area contributed by atoms with Crippen molar-refractivity contribution in [2.45, 2.75) is 64.0 Å². The molecule has 154 valence electrons. The van der Waals surface area contributed by atoms with Gasteiger partial charge in [0.1, 0.15) is 0 Å². The topological polar surface area (TPSA) is 62.2 Å². The van der Waals surface area contributed by atoms with Gasteiger partial charge < -0.3 is 19.7 Å². The molecule has 0 radical (unpaired) electrons. The number of nitrogens with zero attached hydrogens (tertiary/aromatic N) is 1. The van der Waals surface area contributed by atoms with E-state index in [2.05, 4.69) is 11.8 Å². The van der Waals surface area contributed by atoms with Gasteiger partial charge in [-0.3, -0.25) is 4.90 Å². The van der Waals surface area contributed by atoms with Gasteiger partial charge in [0.2, 0.25) is 0 Å². The van der Waals surface area contributed by atoms with Crippen LogP contribution in [0.2, 0.25) is 0 Å². The lowest BCUT2D eigenvalue weighted by Crippen LogP contribution is -2.41. The lowest BCUT2D eigenvalue weighted by atomic mass is 9.82. The van der Waals surface area contributed by atoms with Gasteiger partial charge in [0.15, 0.2) is 11.5 Å². The summed E-state index contributed by atoms with van der Waals surface area (Å²) in [5, 5.41) is 18.3. The van der Waals surface area contributed by atoms with Crippen LogP contribution in [0.15, 0.2) is 18.2 Å². The summed E-state index contributed by atoms with van der Waals surface area (Å²) in [6.07, 6.45) is 8.50. The summed E-state index contributed by atoms with van der Waals surface area (Å²) in [4.78, 5) is 2.54. The molecular weight excluding hydrogens is 342 g/mol. The number of likely N-dealkylation sites (tertiary alicyclic amines) is 1. The molecule has 2 N–H and O–H groups in total. The molecule has 2 aliphatic rings. The van der Waals surface area contributed by atoms with Crippen molar-refractivity contribution in [2.75, 3.05) is 33.9 Å². The predicted octanol–water partition coefficient (Wildman–Crippen LogP) is 3.26. The summed E-state index contributed by atoms with van der Waals surface area (Å²) < 4.78 is 10.2. The Kier molecular flexibility index (Phi) is 9.39. The maximum atomic E-state index is 9.55. The molecule has 1 aliphatic carbocycles. The summed E-state index contributed by atoms with van der Waals surface area (Å²) in [7, 11) is 3.20. The molecule has 0 amide bonds. The van der Waals surface area contributed by atoms with Crippen LogP contribution in [-0.2, 0) is 6.42 Å². The Bertz CT molecular complexity index is 551. The fourth-order valence-electron chi connectivity index (χ4n) is 4.38. The van der Waals surface area contributed by atoms with Crippen molar-refractivity contribution in [3.05, 3.63) is 23.8 Å². The fourth-order valence-corrected chi connectivity index (χ4v) is 4.38. The minimum absolute atomic E-state index is 0.0468. The first-order chi connectivity index (χ1) is 13.1. The lowest BCUT2D eigenvalue weighted by Gasteiger charge is -2.37. The van der Waals surface area contributed by atoms with Crippen LogP contribution in [-0.4, -0.2) is 61.2 Å². The second-order valence-corrected chi connectivity index (χ2v) is 7.62. The highest BCUT2D eigenvalue weighted by Crippen LogP contribution is 2.32. The molecule has 5 nitrogen and oxygen atoms in total. The molecule has 1 saturated carbocycles. The van der Waals surface area contributed by atoms with E-state index in [0.29, 0.717) is 17.9 Å². The van der Waals surface area contributed by atoms with Crippen molar-refractivity contribution in [2.24, 2.45) is 5.92 Å². The Morgan fingerprint density at radius 2 is 1.81 bits per heavy atom. The van der Waals surface area contributed by atoms with Gasteiger partial charge in [0.05, 0.1) is 20.3 Å². The van der Waals surface area contributed by atoms with Crippen molar-refractivity contribution in [3.8, 4) is 11.5 Å². The zero-order valence-electron chi connectivity index (χ0n) is 17.2. The summed E-state index contributed by atoms with van der Waals surface area (Å²) in [6.45, 7) is 4.52. The maximum absolute atomic E-state index is 9.55. The molecule has 2 fully saturated rings. The second-order valence-electron chi connectivity index (χ2n) is 7.62. The molecule has 1 aliphatic heterocycles. The molecule has 27 heavy (non-hydrogen) atoms. The molecule has 1 unspecified atom stereocenters. The third kappa shape index (κ3) is 6.37. The van der Waals surface area contributed by atoms with Gasteiger partial charge in [-0.05, 0) is 49.3 Å². The molecule has 1 heterocycles. The quantitative estimate of drug-likeness (QED) is 0.794. The van der Waals surface area contributed by atoms with Crippen LogP contribution in [0.3, 0.4) is 0 Å². The Morgan fingerprint density at radius 3 is 2.41 bits per heavy atom. The molecule has 3 rings (SSSR count). The van der Waals surface area contributed by atoms with Gasteiger partial charge in [0, 0.05) is 25.7 Å². The lowest BCUT2D eigenvalue weighted by molar-refractivity contribution is 0.103. The monoisotopic (exact) mass is 379 g/mol. The number of hydrogen-bond acceptors (Lipinski definition) is 5. The van der Waals surface area contributed by atoms with E-state index in [1.54, 1.807) is 14.2 Å². The standard InChI is InChI=1S/C12H23NO.C10H14O3/c1-2-10-5-3-4-6-12(10)13-8-7-11(14)9-13;1-12-9-4-3-8(5-6-11)7-10(9)13-2/h10-12,14H,2-9H2,1H3;3-4,7,11H,5-6H2,1-2H3/t10-,11-,12?;/m0./s1. The largest absolute Gasteiger partial charge is 0.493 e. The maximum Gasteiger partial charge on any atom is 0.160 e. The average molecular weight is 380 g/mol. The zero-order chi connectivity index (χ0) is 19.6. The summed E-state index contributed by atoms with van der Waals surface area (Å²) >= 11 is 0. The summed E-state index contributed by atoms with van der Waals surface area (Å²) in [6, 6.07) is 6.40. The van der Waals surface area contributed by atoms with E-state index in [1.165, 1.54) is 32.1 Å². The number of rotatable bonds is 6. The molecule has 0 spiro atoms. The van der Waals surface area contributed by atoms with E-state index < -0.39 is 0 Å². The van der Waals surface area contributed by atoms with Crippen LogP contribution >= 0.6 is 0 Å². The minimum atomic E-state index is -0.0468. The fraction of sp³-hybridized carbons (Fsp3) is 0.727. The van der Waals surface area contributed by atoms with Gasteiger partial charge in [-0.15, -0.1) is 0 Å². The first kappa shape index (κ1) is 22.0. The van der Waals surface area contributed by atoms with Crippen molar-refractivity contribution >= 4 is 0 Å². The van der Waals surface area contributed by atoms with Crippen molar-refractivity contribution in [1.82, 2.24) is 4.90 Å². The van der Waals surface area contributed by atoms with Crippen LogP contribution in [0.4, 0.5) is 0 Å². The SMILES string of the molecule is CC[C@H]1CCCCC1N1CC[C@H](O)C1.COc1ccc(CCO)cc1OC. The normalized spacial score (nSPS) is 25.6. The Hall–Kier alpha value is -1.30. The van der Waals surface area contributed by atoms with Crippen LogP contribution in [0.1, 0.15) is 51.0 Å². The highest BCUT2D eigenvalue weighted by molar-refractivity contribution is 5.42. The van der Waals surface area contributed by atoms with Gasteiger partial charge in [-0.25, -0.2) is 0 Å². The first-order valence-electron chi connectivity index (χ1n) is 10.4. The van der Waals surface area contributed by atoms with Gasteiger partial charge in [-0.1, -0.05) is 32.3 Å². The Morgan fingerprint density at radius 1 is 1.07 bits per heavy atom. The number of ether oxygens (including phenoxy) is 2. The Balaban J connectivity index is 0.000000194. The van der Waals surface area contributed by atoms with Crippen molar-refractivity contribution < 1.29 is 19.7 Å². The summed E-state index contributed by atoms with van der Waals surface area (Å²) in [5.74, 6) is 2.31. The molecule has 1 saturated heterocycles. The highest BCUT2D eigenvalue weighted by Gasteiger charge is 2.32. The average Bonchev–Trinajstić information content (AvgIpc) is 3.14. The van der Waals surface area contributed by atoms with Crippen molar-refractivity contribution in [3.63, 3.8) is 0 Å². The van der Waals surface area contributed by atoms with Crippen molar-refractivity contribution in [1.29, 1.82) is 0 Å². The Labute approximate surface area is 164 Å². The number of hydrogen-bond donors (Lipinski definition) is 2. The van der Waals surface area contributed by atoms with E-state index in [0.717, 1.165) is 37.0 Å². The highest BCUT2D eigenvalue weighted by atomic mass is 16.5. The van der Waals surface area contributed by atoms with Crippen LogP contribution in [0.5, 0.6) is 11.5 Å². The van der Waals surface area contributed by atoms with Crippen LogP contribution in [0, 0.1) is 5.92 Å². The third-order valence-electron chi connectivity index (χ3n) is 5.91. The molecule has 3 atom stereocenters. The predicted molar refractivity (Wildman–Crippen MR) is 109 cm³/mol. The first-order valence-corrected chi connectivity index (χ1v) is 10.4. The molecule has 0 bridgehead atoms. The molecular formula is C22H37NO4. The van der Waals surface area contributed by atoms with E-state index in [-0.39, 0.29) is 12.7 Å². The van der Waals surface area contributed by atoms with Gasteiger partial charge in [0.25, 0.3) is 0 Å². The van der Waals surface area contributed by atoms with Crippen LogP contribution in [0.25, 0.3) is 0 Å². The molecule has 5 heteroatoms. The van der Waals surface area contributed by atoms with Crippen LogP contribution < -0.4 is 9.47 Å². The number of aliphatic hydroxyl groups is 2. The van der Waals surface area contributed by atoms with Gasteiger partial charge in [-0.2, -0.15) is 0 Å². The number of benzene rings is 1. The number of β-amino-alcohol motifs (C(OH)–C–C–N with tert-alkyl or cyclic N) is 1. The summed E-state index contributed by atoms with van der Waals surface area (Å²) in [5.41, 5.74) is 1.04. The molecule has 1 aromatic carbocycles. The smallest absolute Gasteiger partial charge is 0.160 e. The van der Waals surface area contributed by atoms with E-state index in [9.17, 15) is 5.11 Å². The van der Waals surface area contributed by atoms with E-state index in [1.807, 2.05) is 18.2 Å². The molecule has 1 aromatic rings.